The zero-order valence-electron chi connectivity index (χ0n) is 10.4. The molecule has 1 amide bonds. The summed E-state index contributed by atoms with van der Waals surface area (Å²) in [4.78, 5) is 14.3. The molecule has 0 unspecified atom stereocenters. The van der Waals surface area contributed by atoms with E-state index in [0.29, 0.717) is 5.02 Å². The highest BCUT2D eigenvalue weighted by Gasteiger charge is 2.22. The topological polar surface area (TPSA) is 20.3 Å². The minimum Gasteiger partial charge on any atom is -0.339 e. The van der Waals surface area contributed by atoms with Crippen LogP contribution in [0.5, 0.6) is 0 Å². The fourth-order valence-corrected chi connectivity index (χ4v) is 2.40. The van der Waals surface area contributed by atoms with Gasteiger partial charge in [0.2, 0.25) is 0 Å². The van der Waals surface area contributed by atoms with E-state index in [1.54, 1.807) is 0 Å². The molecule has 0 radical (unpaired) electrons. The van der Waals surface area contributed by atoms with Crippen LogP contribution in [0.1, 0.15) is 35.7 Å². The fraction of sp³-hybridized carbons (Fsp3) is 0.500. The molecule has 0 aliphatic carbocycles. The van der Waals surface area contributed by atoms with Crippen molar-refractivity contribution < 1.29 is 4.79 Å². The largest absolute Gasteiger partial charge is 0.339 e. The molecule has 0 saturated carbocycles. The van der Waals surface area contributed by atoms with E-state index in [2.05, 4.69) is 6.92 Å². The smallest absolute Gasteiger partial charge is 0.254 e. The summed E-state index contributed by atoms with van der Waals surface area (Å²) in [6.45, 7) is 5.88. The summed E-state index contributed by atoms with van der Waals surface area (Å²) in [5.41, 5.74) is 1.63. The number of benzene rings is 1. The number of hydrogen-bond acceptors (Lipinski definition) is 1. The SMILES string of the molecule is Cc1c(Cl)cccc1C(=O)N1CCC(C)CC1. The maximum atomic E-state index is 12.3. The van der Waals surface area contributed by atoms with Gasteiger partial charge in [-0.2, -0.15) is 0 Å². The van der Waals surface area contributed by atoms with Crippen molar-refractivity contribution in [2.75, 3.05) is 13.1 Å². The average molecular weight is 252 g/mol. The van der Waals surface area contributed by atoms with Crippen molar-refractivity contribution in [1.29, 1.82) is 0 Å². The Bertz CT molecular complexity index is 422. The number of halogens is 1. The number of hydrogen-bond donors (Lipinski definition) is 0. The van der Waals surface area contributed by atoms with Gasteiger partial charge in [0, 0.05) is 23.7 Å². The molecule has 0 aromatic heterocycles. The lowest BCUT2D eigenvalue weighted by Gasteiger charge is -2.30. The minimum absolute atomic E-state index is 0.122. The molecule has 3 heteroatoms. The Morgan fingerprint density at radius 2 is 2.00 bits per heavy atom. The lowest BCUT2D eigenvalue weighted by molar-refractivity contribution is 0.0696. The van der Waals surface area contributed by atoms with Crippen LogP contribution in [-0.4, -0.2) is 23.9 Å². The molecule has 1 aliphatic heterocycles. The summed E-state index contributed by atoms with van der Waals surface area (Å²) in [7, 11) is 0. The van der Waals surface area contributed by atoms with Gasteiger partial charge in [0.1, 0.15) is 0 Å². The van der Waals surface area contributed by atoms with Crippen LogP contribution < -0.4 is 0 Å². The maximum Gasteiger partial charge on any atom is 0.254 e. The van der Waals surface area contributed by atoms with Crippen molar-refractivity contribution in [1.82, 2.24) is 4.90 Å². The molecule has 1 aromatic rings. The normalized spacial score (nSPS) is 17.2. The van der Waals surface area contributed by atoms with Gasteiger partial charge in [-0.25, -0.2) is 0 Å². The summed E-state index contributed by atoms with van der Waals surface area (Å²) in [6.07, 6.45) is 2.21. The summed E-state index contributed by atoms with van der Waals surface area (Å²) in [5.74, 6) is 0.858. The van der Waals surface area contributed by atoms with E-state index in [4.69, 9.17) is 11.6 Å². The van der Waals surface area contributed by atoms with Crippen LogP contribution in [-0.2, 0) is 0 Å². The van der Waals surface area contributed by atoms with Gasteiger partial charge in [0.25, 0.3) is 5.91 Å². The first kappa shape index (κ1) is 12.4. The molecule has 92 valence electrons. The number of carbonyl (C=O) groups is 1. The molecular weight excluding hydrogens is 234 g/mol. The second-order valence-electron chi connectivity index (χ2n) is 4.89. The van der Waals surface area contributed by atoms with Gasteiger partial charge in [-0.05, 0) is 43.4 Å². The lowest BCUT2D eigenvalue weighted by Crippen LogP contribution is -2.38. The van der Waals surface area contributed by atoms with Gasteiger partial charge in [0.05, 0.1) is 0 Å². The molecule has 17 heavy (non-hydrogen) atoms. The van der Waals surface area contributed by atoms with Crippen LogP contribution in [0, 0.1) is 12.8 Å². The number of amides is 1. The highest BCUT2D eigenvalue weighted by molar-refractivity contribution is 6.31. The van der Waals surface area contributed by atoms with Crippen LogP contribution in [0.3, 0.4) is 0 Å². The van der Waals surface area contributed by atoms with Gasteiger partial charge in [-0.3, -0.25) is 4.79 Å². The Hall–Kier alpha value is -1.02. The van der Waals surface area contributed by atoms with Crippen LogP contribution in [0.25, 0.3) is 0 Å². The monoisotopic (exact) mass is 251 g/mol. The van der Waals surface area contributed by atoms with Crippen LogP contribution in [0.15, 0.2) is 18.2 Å². The number of rotatable bonds is 1. The zero-order valence-corrected chi connectivity index (χ0v) is 11.1. The van der Waals surface area contributed by atoms with Crippen molar-refractivity contribution in [3.05, 3.63) is 34.3 Å². The van der Waals surface area contributed by atoms with Crippen molar-refractivity contribution >= 4 is 17.5 Å². The van der Waals surface area contributed by atoms with Crippen molar-refractivity contribution in [3.63, 3.8) is 0 Å². The molecule has 1 heterocycles. The van der Waals surface area contributed by atoms with Gasteiger partial charge in [-0.15, -0.1) is 0 Å². The number of nitrogens with zero attached hydrogens (tertiary/aromatic N) is 1. The summed E-state index contributed by atoms with van der Waals surface area (Å²) < 4.78 is 0. The Balaban J connectivity index is 2.17. The Labute approximate surface area is 108 Å². The van der Waals surface area contributed by atoms with Crippen LogP contribution in [0.2, 0.25) is 5.02 Å². The van der Waals surface area contributed by atoms with E-state index >= 15 is 0 Å². The van der Waals surface area contributed by atoms with Gasteiger partial charge in [0.15, 0.2) is 0 Å². The minimum atomic E-state index is 0.122. The lowest BCUT2D eigenvalue weighted by atomic mass is 9.98. The Morgan fingerprint density at radius 1 is 1.35 bits per heavy atom. The molecule has 2 nitrogen and oxygen atoms in total. The molecule has 1 aromatic carbocycles. The second-order valence-corrected chi connectivity index (χ2v) is 5.29. The predicted molar refractivity (Wildman–Crippen MR) is 70.5 cm³/mol. The molecular formula is C14H18ClNO. The molecule has 0 atom stereocenters. The highest BCUT2D eigenvalue weighted by atomic mass is 35.5. The van der Waals surface area contributed by atoms with Crippen LogP contribution in [0.4, 0.5) is 0 Å². The standard InChI is InChI=1S/C14H18ClNO/c1-10-6-8-16(9-7-10)14(17)12-4-3-5-13(15)11(12)2/h3-5,10H,6-9H2,1-2H3. The van der Waals surface area contributed by atoms with E-state index in [1.165, 1.54) is 0 Å². The second kappa shape index (κ2) is 5.09. The van der Waals surface area contributed by atoms with E-state index in [1.807, 2.05) is 30.0 Å². The van der Waals surface area contributed by atoms with E-state index < -0.39 is 0 Å². The van der Waals surface area contributed by atoms with E-state index in [-0.39, 0.29) is 5.91 Å². The van der Waals surface area contributed by atoms with Gasteiger partial charge >= 0.3 is 0 Å². The molecule has 1 saturated heterocycles. The zero-order chi connectivity index (χ0) is 12.4. The molecule has 2 rings (SSSR count). The van der Waals surface area contributed by atoms with Gasteiger partial charge < -0.3 is 4.90 Å². The molecule has 1 fully saturated rings. The van der Waals surface area contributed by atoms with Crippen molar-refractivity contribution in [2.45, 2.75) is 26.7 Å². The third-order valence-electron chi connectivity index (χ3n) is 3.57. The maximum absolute atomic E-state index is 12.3. The number of likely N-dealkylation sites (tertiary alicyclic amines) is 1. The van der Waals surface area contributed by atoms with Crippen molar-refractivity contribution in [3.8, 4) is 0 Å². The molecule has 0 spiro atoms. The first-order chi connectivity index (χ1) is 8.09. The first-order valence-corrected chi connectivity index (χ1v) is 6.51. The van der Waals surface area contributed by atoms with E-state index in [9.17, 15) is 4.79 Å². The Kier molecular flexibility index (Phi) is 3.72. The first-order valence-electron chi connectivity index (χ1n) is 6.14. The molecule has 1 aliphatic rings. The summed E-state index contributed by atoms with van der Waals surface area (Å²) in [6, 6.07) is 5.53. The molecule has 0 bridgehead atoms. The average Bonchev–Trinajstić information content (AvgIpc) is 2.33. The predicted octanol–water partition coefficient (Wildman–Crippen LogP) is 3.52. The van der Waals surface area contributed by atoms with Crippen molar-refractivity contribution in [2.24, 2.45) is 5.92 Å². The quantitative estimate of drug-likeness (QED) is 0.748. The summed E-state index contributed by atoms with van der Waals surface area (Å²) in [5, 5.41) is 0.668. The van der Waals surface area contributed by atoms with E-state index in [0.717, 1.165) is 43.0 Å². The number of carbonyl (C=O) groups excluding carboxylic acids is 1. The van der Waals surface area contributed by atoms with Crippen LogP contribution >= 0.6 is 11.6 Å². The fourth-order valence-electron chi connectivity index (χ4n) is 2.22. The Morgan fingerprint density at radius 3 is 2.65 bits per heavy atom. The number of piperidine rings is 1. The highest BCUT2D eigenvalue weighted by Crippen LogP contribution is 2.23. The molecule has 0 N–H and O–H groups in total. The third kappa shape index (κ3) is 2.63. The van der Waals surface area contributed by atoms with Gasteiger partial charge in [-0.1, -0.05) is 24.6 Å². The summed E-state index contributed by atoms with van der Waals surface area (Å²) >= 11 is 6.05. The third-order valence-corrected chi connectivity index (χ3v) is 3.98.